The number of hydrogen-bond donors (Lipinski definition) is 1. The molecule has 1 saturated carbocycles. The Morgan fingerprint density at radius 2 is 2.00 bits per heavy atom. The van der Waals surface area contributed by atoms with E-state index < -0.39 is 0 Å². The molecule has 19 heavy (non-hydrogen) atoms. The molecule has 1 aromatic rings. The number of ether oxygens (including phenoxy) is 1. The summed E-state index contributed by atoms with van der Waals surface area (Å²) in [6, 6.07) is 6.28. The lowest BCUT2D eigenvalue weighted by Crippen LogP contribution is -2.29. The molecule has 1 fully saturated rings. The Hall–Kier alpha value is -0.930. The number of benzene rings is 1. The summed E-state index contributed by atoms with van der Waals surface area (Å²) in [5.74, 6) is 1.23. The first kappa shape index (κ1) is 14.5. The molecule has 2 nitrogen and oxygen atoms in total. The Bertz CT molecular complexity index is 409. The smallest absolute Gasteiger partial charge is 0.128 e. The molecule has 4 atom stereocenters. The first-order valence-corrected chi connectivity index (χ1v) is 7.19. The standard InChI is InChI=1S/C16H24FNO/c1-11-7-8-13(9-12(11)2)19-10-16(18)14-5-3-4-6-15(14)17/h3-6,11-13,16H,7-10,18H2,1-2H3. The third-order valence-corrected chi connectivity index (χ3v) is 4.37. The molecule has 0 spiro atoms. The van der Waals surface area contributed by atoms with Crippen molar-refractivity contribution in [3.63, 3.8) is 0 Å². The molecule has 106 valence electrons. The second-order valence-electron chi connectivity index (χ2n) is 5.85. The summed E-state index contributed by atoms with van der Waals surface area (Å²) in [7, 11) is 0. The molecule has 4 unspecified atom stereocenters. The van der Waals surface area contributed by atoms with Crippen LogP contribution in [-0.2, 0) is 4.74 Å². The number of halogens is 1. The molecule has 1 aromatic carbocycles. The zero-order valence-electron chi connectivity index (χ0n) is 11.8. The summed E-state index contributed by atoms with van der Waals surface area (Å²) in [6.07, 6.45) is 3.67. The zero-order chi connectivity index (χ0) is 13.8. The topological polar surface area (TPSA) is 35.2 Å². The van der Waals surface area contributed by atoms with Gasteiger partial charge in [-0.3, -0.25) is 0 Å². The van der Waals surface area contributed by atoms with Gasteiger partial charge in [-0.2, -0.15) is 0 Å². The average Bonchev–Trinajstić information content (AvgIpc) is 2.40. The lowest BCUT2D eigenvalue weighted by molar-refractivity contribution is -0.00393. The summed E-state index contributed by atoms with van der Waals surface area (Å²) in [4.78, 5) is 0. The van der Waals surface area contributed by atoms with Gasteiger partial charge in [0.05, 0.1) is 18.8 Å². The highest BCUT2D eigenvalue weighted by Gasteiger charge is 2.25. The van der Waals surface area contributed by atoms with Crippen molar-refractivity contribution in [3.05, 3.63) is 35.6 Å². The second-order valence-corrected chi connectivity index (χ2v) is 5.85. The zero-order valence-corrected chi connectivity index (χ0v) is 11.8. The lowest BCUT2D eigenvalue weighted by Gasteiger charge is -2.32. The van der Waals surface area contributed by atoms with Gasteiger partial charge >= 0.3 is 0 Å². The van der Waals surface area contributed by atoms with Crippen molar-refractivity contribution >= 4 is 0 Å². The van der Waals surface area contributed by atoms with E-state index in [0.29, 0.717) is 18.1 Å². The fraction of sp³-hybridized carbons (Fsp3) is 0.625. The van der Waals surface area contributed by atoms with E-state index in [4.69, 9.17) is 10.5 Å². The van der Waals surface area contributed by atoms with E-state index in [2.05, 4.69) is 13.8 Å². The average molecular weight is 265 g/mol. The summed E-state index contributed by atoms with van der Waals surface area (Å²) >= 11 is 0. The molecule has 0 aliphatic heterocycles. The van der Waals surface area contributed by atoms with Crippen molar-refractivity contribution in [1.82, 2.24) is 0 Å². The van der Waals surface area contributed by atoms with Crippen LogP contribution in [0.4, 0.5) is 4.39 Å². The molecule has 1 aliphatic carbocycles. The minimum Gasteiger partial charge on any atom is -0.376 e. The number of rotatable bonds is 4. The fourth-order valence-corrected chi connectivity index (χ4v) is 2.75. The predicted molar refractivity (Wildman–Crippen MR) is 75.2 cm³/mol. The van der Waals surface area contributed by atoms with Crippen molar-refractivity contribution in [3.8, 4) is 0 Å². The second kappa shape index (κ2) is 6.49. The van der Waals surface area contributed by atoms with Gasteiger partial charge in [0.2, 0.25) is 0 Å². The minimum atomic E-state index is -0.379. The largest absolute Gasteiger partial charge is 0.376 e. The van der Waals surface area contributed by atoms with E-state index in [1.807, 2.05) is 6.07 Å². The molecule has 1 aliphatic rings. The van der Waals surface area contributed by atoms with Crippen LogP contribution < -0.4 is 5.73 Å². The van der Waals surface area contributed by atoms with Crippen molar-refractivity contribution in [2.24, 2.45) is 17.6 Å². The van der Waals surface area contributed by atoms with Gasteiger partial charge < -0.3 is 10.5 Å². The highest BCUT2D eigenvalue weighted by molar-refractivity contribution is 5.20. The van der Waals surface area contributed by atoms with Crippen molar-refractivity contribution < 1.29 is 9.13 Å². The van der Waals surface area contributed by atoms with Crippen LogP contribution in [0.15, 0.2) is 24.3 Å². The molecule has 3 heteroatoms. The third kappa shape index (κ3) is 3.77. The summed E-state index contributed by atoms with van der Waals surface area (Å²) in [5, 5.41) is 0. The molecular weight excluding hydrogens is 241 g/mol. The van der Waals surface area contributed by atoms with Crippen LogP contribution in [0.1, 0.15) is 44.7 Å². The summed E-state index contributed by atoms with van der Waals surface area (Å²) in [6.45, 7) is 4.97. The normalized spacial score (nSPS) is 29.2. The van der Waals surface area contributed by atoms with Crippen LogP contribution in [0.3, 0.4) is 0 Å². The fourth-order valence-electron chi connectivity index (χ4n) is 2.75. The van der Waals surface area contributed by atoms with Crippen molar-refractivity contribution in [2.75, 3.05) is 6.61 Å². The van der Waals surface area contributed by atoms with Gasteiger partial charge in [-0.25, -0.2) is 4.39 Å². The van der Waals surface area contributed by atoms with Crippen molar-refractivity contribution in [2.45, 2.75) is 45.3 Å². The highest BCUT2D eigenvalue weighted by Crippen LogP contribution is 2.31. The summed E-state index contributed by atoms with van der Waals surface area (Å²) < 4.78 is 19.5. The first-order valence-electron chi connectivity index (χ1n) is 7.19. The van der Waals surface area contributed by atoms with E-state index in [1.165, 1.54) is 12.5 Å². The third-order valence-electron chi connectivity index (χ3n) is 4.37. The van der Waals surface area contributed by atoms with Crippen molar-refractivity contribution in [1.29, 1.82) is 0 Å². The van der Waals surface area contributed by atoms with Crippen LogP contribution in [0.2, 0.25) is 0 Å². The van der Waals surface area contributed by atoms with Crippen LogP contribution in [-0.4, -0.2) is 12.7 Å². The molecule has 0 saturated heterocycles. The monoisotopic (exact) mass is 265 g/mol. The minimum absolute atomic E-state index is 0.246. The Morgan fingerprint density at radius 3 is 2.68 bits per heavy atom. The van der Waals surface area contributed by atoms with E-state index in [1.54, 1.807) is 12.1 Å². The summed E-state index contributed by atoms with van der Waals surface area (Å²) in [5.41, 5.74) is 6.55. The van der Waals surface area contributed by atoms with E-state index in [0.717, 1.165) is 18.8 Å². The maximum Gasteiger partial charge on any atom is 0.128 e. The van der Waals surface area contributed by atoms with Gasteiger partial charge in [0.1, 0.15) is 5.82 Å². The van der Waals surface area contributed by atoms with Crippen LogP contribution >= 0.6 is 0 Å². The van der Waals surface area contributed by atoms with E-state index in [9.17, 15) is 4.39 Å². The number of nitrogens with two attached hydrogens (primary N) is 1. The molecule has 0 aromatic heterocycles. The highest BCUT2D eigenvalue weighted by atomic mass is 19.1. The maximum absolute atomic E-state index is 13.6. The quantitative estimate of drug-likeness (QED) is 0.901. The predicted octanol–water partition coefficient (Wildman–Crippen LogP) is 3.67. The number of hydrogen-bond acceptors (Lipinski definition) is 2. The van der Waals surface area contributed by atoms with Gasteiger partial charge in [-0.15, -0.1) is 0 Å². The lowest BCUT2D eigenvalue weighted by atomic mass is 9.80. The SMILES string of the molecule is CC1CCC(OCC(N)c2ccccc2F)CC1C. The van der Waals surface area contributed by atoms with Gasteiger partial charge in [0.15, 0.2) is 0 Å². The van der Waals surface area contributed by atoms with E-state index in [-0.39, 0.29) is 18.0 Å². The Kier molecular flexibility index (Phi) is 4.94. The van der Waals surface area contributed by atoms with Crippen LogP contribution in [0.5, 0.6) is 0 Å². The Balaban J connectivity index is 1.84. The molecule has 2 rings (SSSR count). The van der Waals surface area contributed by atoms with Crippen LogP contribution in [0, 0.1) is 17.7 Å². The van der Waals surface area contributed by atoms with Crippen LogP contribution in [0.25, 0.3) is 0 Å². The Labute approximate surface area is 115 Å². The molecule has 0 heterocycles. The van der Waals surface area contributed by atoms with Gasteiger partial charge in [-0.05, 0) is 37.2 Å². The van der Waals surface area contributed by atoms with Gasteiger partial charge in [0.25, 0.3) is 0 Å². The van der Waals surface area contributed by atoms with Gasteiger partial charge in [-0.1, -0.05) is 32.0 Å². The van der Waals surface area contributed by atoms with Gasteiger partial charge in [0, 0.05) is 5.56 Å². The molecule has 0 radical (unpaired) electrons. The molecule has 0 amide bonds. The Morgan fingerprint density at radius 1 is 1.26 bits per heavy atom. The first-order chi connectivity index (χ1) is 9.08. The molecular formula is C16H24FNO. The van der Waals surface area contributed by atoms with E-state index >= 15 is 0 Å². The maximum atomic E-state index is 13.6. The molecule has 0 bridgehead atoms. The molecule has 2 N–H and O–H groups in total.